The van der Waals surface area contributed by atoms with Crippen molar-refractivity contribution in [3.63, 3.8) is 0 Å². The molecule has 0 radical (unpaired) electrons. The highest BCUT2D eigenvalue weighted by molar-refractivity contribution is 7.99. The van der Waals surface area contributed by atoms with Gasteiger partial charge >= 0.3 is 5.97 Å². The Morgan fingerprint density at radius 2 is 1.77 bits per heavy atom. The minimum atomic E-state index is -0.236. The number of benzene rings is 1. The zero-order valence-electron chi connectivity index (χ0n) is 19.2. The Balaban J connectivity index is 2.31. The highest BCUT2D eigenvalue weighted by Gasteiger charge is 2.12. The smallest absolute Gasteiger partial charge is 0.321 e. The second kappa shape index (κ2) is 17.6. The van der Waals surface area contributed by atoms with E-state index in [0.717, 1.165) is 56.8 Å². The van der Waals surface area contributed by atoms with Gasteiger partial charge in [0, 0.05) is 32.7 Å². The summed E-state index contributed by atoms with van der Waals surface area (Å²) >= 11 is 1.51. The van der Waals surface area contributed by atoms with E-state index in [0.29, 0.717) is 24.0 Å². The Bertz CT molecular complexity index is 549. The monoisotopic (exact) mass is 440 g/mol. The lowest BCUT2D eigenvalue weighted by Gasteiger charge is -2.19. The quantitative estimate of drug-likeness (QED) is 0.166. The van der Waals surface area contributed by atoms with Gasteiger partial charge in [0.2, 0.25) is 0 Å². The first kappa shape index (κ1) is 27.0. The molecule has 0 aliphatic rings. The number of carbonyl (C=O) groups excluding carboxylic acids is 1. The molecule has 0 aromatic heterocycles. The highest BCUT2D eigenvalue weighted by atomic mass is 32.2. The zero-order valence-corrected chi connectivity index (χ0v) is 20.0. The molecule has 0 spiro atoms. The maximum Gasteiger partial charge on any atom is 0.321 e. The lowest BCUT2D eigenvalue weighted by atomic mass is 10.0. The first-order chi connectivity index (χ1) is 14.6. The van der Waals surface area contributed by atoms with Crippen LogP contribution in [0.2, 0.25) is 0 Å². The van der Waals surface area contributed by atoms with Crippen LogP contribution in [0.4, 0.5) is 0 Å². The van der Waals surface area contributed by atoms with Crippen molar-refractivity contribution in [1.82, 2.24) is 0 Å². The van der Waals surface area contributed by atoms with E-state index in [1.807, 2.05) is 24.3 Å². The maximum absolute atomic E-state index is 11.9. The van der Waals surface area contributed by atoms with Crippen molar-refractivity contribution in [2.24, 2.45) is 5.92 Å². The summed E-state index contributed by atoms with van der Waals surface area (Å²) in [5.41, 5.74) is 1.11. The fraction of sp³-hybridized carbons (Fsp3) is 0.708. The minimum Gasteiger partial charge on any atom is -0.426 e. The summed E-state index contributed by atoms with van der Waals surface area (Å²) in [5.74, 6) is 2.04. The first-order valence-electron chi connectivity index (χ1n) is 11.2. The van der Waals surface area contributed by atoms with Crippen molar-refractivity contribution >= 4 is 17.7 Å². The summed E-state index contributed by atoms with van der Waals surface area (Å²) < 4.78 is 22.1. The number of carbonyl (C=O) groups is 1. The van der Waals surface area contributed by atoms with Gasteiger partial charge in [-0.2, -0.15) is 0 Å². The maximum atomic E-state index is 11.9. The van der Waals surface area contributed by atoms with Crippen LogP contribution in [-0.4, -0.2) is 51.0 Å². The second-order valence-electron chi connectivity index (χ2n) is 7.50. The zero-order chi connectivity index (χ0) is 22.0. The predicted octanol–water partition coefficient (Wildman–Crippen LogP) is 5.67. The van der Waals surface area contributed by atoms with E-state index in [9.17, 15) is 4.79 Å². The van der Waals surface area contributed by atoms with Gasteiger partial charge in [0.15, 0.2) is 0 Å². The molecule has 0 N–H and O–H groups in total. The number of thioether (sulfide) groups is 1. The van der Waals surface area contributed by atoms with Crippen LogP contribution in [0.25, 0.3) is 0 Å². The SMILES string of the molecule is CCCCOCCC(C)CCOC(CC)c1ccc(OC(=O)CSCCOC)cc1. The Morgan fingerprint density at radius 3 is 2.43 bits per heavy atom. The van der Waals surface area contributed by atoms with Crippen molar-refractivity contribution in [1.29, 1.82) is 0 Å². The Morgan fingerprint density at radius 1 is 1.03 bits per heavy atom. The van der Waals surface area contributed by atoms with Gasteiger partial charge in [0.05, 0.1) is 18.5 Å². The Labute approximate surface area is 187 Å². The molecule has 6 heteroatoms. The van der Waals surface area contributed by atoms with Crippen LogP contribution < -0.4 is 4.74 Å². The molecule has 1 aromatic carbocycles. The molecule has 0 aliphatic heterocycles. The highest BCUT2D eigenvalue weighted by Crippen LogP contribution is 2.24. The van der Waals surface area contributed by atoms with Gasteiger partial charge in [0.1, 0.15) is 5.75 Å². The summed E-state index contributed by atoms with van der Waals surface area (Å²) in [6.07, 6.45) is 5.40. The van der Waals surface area contributed by atoms with E-state index in [4.69, 9.17) is 18.9 Å². The molecule has 30 heavy (non-hydrogen) atoms. The third-order valence-electron chi connectivity index (χ3n) is 4.83. The molecular weight excluding hydrogens is 400 g/mol. The number of hydrogen-bond donors (Lipinski definition) is 0. The van der Waals surface area contributed by atoms with Crippen LogP contribution in [0.1, 0.15) is 64.5 Å². The van der Waals surface area contributed by atoms with Crippen LogP contribution in [0.15, 0.2) is 24.3 Å². The van der Waals surface area contributed by atoms with E-state index >= 15 is 0 Å². The molecule has 0 saturated heterocycles. The molecule has 0 aliphatic carbocycles. The number of unbranched alkanes of at least 4 members (excludes halogenated alkanes) is 1. The standard InChI is InChI=1S/C24H40O5S/c1-5-7-14-27-15-12-20(3)13-16-28-23(6-2)21-8-10-22(11-9-21)29-24(25)19-30-18-17-26-4/h8-11,20,23H,5-7,12-19H2,1-4H3. The molecule has 2 unspecified atom stereocenters. The molecule has 0 bridgehead atoms. The number of rotatable bonds is 18. The molecule has 5 nitrogen and oxygen atoms in total. The molecular formula is C24H40O5S. The largest absolute Gasteiger partial charge is 0.426 e. The third-order valence-corrected chi connectivity index (χ3v) is 5.73. The van der Waals surface area contributed by atoms with Gasteiger partial charge in [-0.05, 0) is 49.3 Å². The normalized spacial score (nSPS) is 13.2. The number of hydrogen-bond acceptors (Lipinski definition) is 6. The summed E-state index contributed by atoms with van der Waals surface area (Å²) in [6.45, 7) is 9.64. The average Bonchev–Trinajstić information content (AvgIpc) is 2.75. The summed E-state index contributed by atoms with van der Waals surface area (Å²) in [6, 6.07) is 7.66. The van der Waals surface area contributed by atoms with Crippen molar-refractivity contribution in [3.8, 4) is 5.75 Å². The fourth-order valence-electron chi connectivity index (χ4n) is 2.85. The van der Waals surface area contributed by atoms with Gasteiger partial charge < -0.3 is 18.9 Å². The van der Waals surface area contributed by atoms with E-state index in [2.05, 4.69) is 20.8 Å². The van der Waals surface area contributed by atoms with Crippen LogP contribution in [0.5, 0.6) is 5.75 Å². The summed E-state index contributed by atoms with van der Waals surface area (Å²) in [7, 11) is 1.65. The van der Waals surface area contributed by atoms with Gasteiger partial charge in [-0.15, -0.1) is 11.8 Å². The second-order valence-corrected chi connectivity index (χ2v) is 8.61. The average molecular weight is 441 g/mol. The van der Waals surface area contributed by atoms with Crippen molar-refractivity contribution in [3.05, 3.63) is 29.8 Å². The van der Waals surface area contributed by atoms with Crippen molar-refractivity contribution in [2.75, 3.05) is 45.0 Å². The van der Waals surface area contributed by atoms with Gasteiger partial charge in [-0.3, -0.25) is 4.79 Å². The summed E-state index contributed by atoms with van der Waals surface area (Å²) in [5, 5.41) is 0. The van der Waals surface area contributed by atoms with Gasteiger partial charge in [-0.1, -0.05) is 39.3 Å². The Kier molecular flexibility index (Phi) is 15.8. The van der Waals surface area contributed by atoms with Crippen LogP contribution in [0.3, 0.4) is 0 Å². The molecule has 0 heterocycles. The first-order valence-corrected chi connectivity index (χ1v) is 12.3. The Hall–Kier alpha value is -1.08. The fourth-order valence-corrected chi connectivity index (χ4v) is 3.50. The molecule has 172 valence electrons. The lowest BCUT2D eigenvalue weighted by Crippen LogP contribution is -2.12. The predicted molar refractivity (Wildman–Crippen MR) is 124 cm³/mol. The van der Waals surface area contributed by atoms with E-state index in [1.54, 1.807) is 7.11 Å². The molecule has 0 fully saturated rings. The van der Waals surface area contributed by atoms with Crippen LogP contribution in [0, 0.1) is 5.92 Å². The van der Waals surface area contributed by atoms with Crippen LogP contribution in [-0.2, 0) is 19.0 Å². The third kappa shape index (κ3) is 12.6. The lowest BCUT2D eigenvalue weighted by molar-refractivity contribution is -0.131. The topological polar surface area (TPSA) is 54.0 Å². The van der Waals surface area contributed by atoms with Gasteiger partial charge in [0.25, 0.3) is 0 Å². The molecule has 0 amide bonds. The molecule has 1 aromatic rings. The van der Waals surface area contributed by atoms with Crippen molar-refractivity contribution in [2.45, 2.75) is 59.0 Å². The molecule has 0 saturated carbocycles. The van der Waals surface area contributed by atoms with Gasteiger partial charge in [-0.25, -0.2) is 0 Å². The summed E-state index contributed by atoms with van der Waals surface area (Å²) in [4.78, 5) is 11.9. The van der Waals surface area contributed by atoms with E-state index in [-0.39, 0.29) is 12.1 Å². The molecule has 2 atom stereocenters. The number of esters is 1. The van der Waals surface area contributed by atoms with E-state index in [1.165, 1.54) is 18.2 Å². The number of methoxy groups -OCH3 is 1. The molecule has 1 rings (SSSR count). The van der Waals surface area contributed by atoms with Crippen molar-refractivity contribution < 1.29 is 23.7 Å². The van der Waals surface area contributed by atoms with E-state index < -0.39 is 0 Å². The number of ether oxygens (including phenoxy) is 4. The van der Waals surface area contributed by atoms with Crippen LogP contribution >= 0.6 is 11.8 Å². The minimum absolute atomic E-state index is 0.0624.